The fourth-order valence-electron chi connectivity index (χ4n) is 0.913. The first-order valence-electron chi connectivity index (χ1n) is 4.65. The van der Waals surface area contributed by atoms with Gasteiger partial charge in [-0.15, -0.1) is 11.3 Å². The number of carbonyl (C=O) groups excluding carboxylic acids is 1. The van der Waals surface area contributed by atoms with Gasteiger partial charge < -0.3 is 5.32 Å². The summed E-state index contributed by atoms with van der Waals surface area (Å²) < 4.78 is 0. The van der Waals surface area contributed by atoms with Gasteiger partial charge in [0, 0.05) is 11.9 Å². The Hall–Kier alpha value is -1.54. The van der Waals surface area contributed by atoms with Gasteiger partial charge >= 0.3 is 6.03 Å². The number of carbonyl (C=O) groups is 1. The second kappa shape index (κ2) is 5.37. The minimum Gasteiger partial charge on any atom is -0.338 e. The number of nitriles is 1. The molecule has 2 amide bonds. The molecule has 1 rings (SSSR count). The van der Waals surface area contributed by atoms with Gasteiger partial charge in [0.2, 0.25) is 0 Å². The summed E-state index contributed by atoms with van der Waals surface area (Å²) >= 11 is 1.34. The zero-order valence-electron chi connectivity index (χ0n) is 8.70. The van der Waals surface area contributed by atoms with E-state index in [1.54, 1.807) is 11.4 Å². The number of hydrogen-bond acceptors (Lipinski definition) is 3. The van der Waals surface area contributed by atoms with Crippen molar-refractivity contribution < 1.29 is 4.79 Å². The number of urea groups is 1. The largest absolute Gasteiger partial charge is 0.338 e. The Morgan fingerprint density at radius 2 is 2.40 bits per heavy atom. The van der Waals surface area contributed by atoms with E-state index in [9.17, 15) is 4.79 Å². The van der Waals surface area contributed by atoms with Crippen molar-refractivity contribution in [2.45, 2.75) is 13.8 Å². The van der Waals surface area contributed by atoms with E-state index in [0.29, 0.717) is 23.0 Å². The molecule has 2 N–H and O–H groups in total. The second-order valence-electron chi connectivity index (χ2n) is 3.54. The zero-order valence-corrected chi connectivity index (χ0v) is 9.52. The van der Waals surface area contributed by atoms with Crippen LogP contribution in [-0.4, -0.2) is 12.6 Å². The van der Waals surface area contributed by atoms with Crippen LogP contribution in [0.15, 0.2) is 11.4 Å². The van der Waals surface area contributed by atoms with Crippen LogP contribution in [0.5, 0.6) is 0 Å². The van der Waals surface area contributed by atoms with Gasteiger partial charge in [0.1, 0.15) is 6.07 Å². The predicted molar refractivity (Wildman–Crippen MR) is 60.9 cm³/mol. The van der Waals surface area contributed by atoms with E-state index in [-0.39, 0.29) is 6.03 Å². The highest BCUT2D eigenvalue weighted by Crippen LogP contribution is 2.19. The van der Waals surface area contributed by atoms with Gasteiger partial charge in [0.05, 0.1) is 10.6 Å². The standard InChI is InChI=1S/C10H13N3OS/c1-7(2)5-12-10(14)13-9-3-8(4-11)6-15-9/h3,6-7H,5H2,1-2H3,(H2,12,13,14). The number of rotatable bonds is 3. The highest BCUT2D eigenvalue weighted by Gasteiger charge is 2.04. The van der Waals surface area contributed by atoms with Gasteiger partial charge in [-0.25, -0.2) is 4.79 Å². The summed E-state index contributed by atoms with van der Waals surface area (Å²) in [6.45, 7) is 4.70. The van der Waals surface area contributed by atoms with Crippen molar-refractivity contribution >= 4 is 22.4 Å². The maximum atomic E-state index is 11.3. The number of thiophene rings is 1. The van der Waals surface area contributed by atoms with E-state index in [2.05, 4.69) is 10.6 Å². The van der Waals surface area contributed by atoms with Crippen molar-refractivity contribution in [3.63, 3.8) is 0 Å². The lowest BCUT2D eigenvalue weighted by molar-refractivity contribution is 0.251. The molecule has 15 heavy (non-hydrogen) atoms. The van der Waals surface area contributed by atoms with Crippen LogP contribution in [0.1, 0.15) is 19.4 Å². The van der Waals surface area contributed by atoms with Crippen molar-refractivity contribution in [1.29, 1.82) is 5.26 Å². The molecule has 0 aliphatic rings. The summed E-state index contributed by atoms with van der Waals surface area (Å²) in [5.74, 6) is 0.425. The summed E-state index contributed by atoms with van der Waals surface area (Å²) in [5.41, 5.74) is 0.569. The zero-order chi connectivity index (χ0) is 11.3. The van der Waals surface area contributed by atoms with Crippen molar-refractivity contribution in [2.75, 3.05) is 11.9 Å². The highest BCUT2D eigenvalue weighted by molar-refractivity contribution is 7.14. The summed E-state index contributed by atoms with van der Waals surface area (Å²) in [4.78, 5) is 11.3. The topological polar surface area (TPSA) is 64.9 Å². The first-order valence-corrected chi connectivity index (χ1v) is 5.53. The van der Waals surface area contributed by atoms with E-state index >= 15 is 0 Å². The molecule has 0 aliphatic carbocycles. The van der Waals surface area contributed by atoms with Crippen LogP contribution < -0.4 is 10.6 Å². The Bertz CT molecular complexity index is 378. The molecule has 0 spiro atoms. The molecule has 1 aromatic rings. The molecule has 0 unspecified atom stereocenters. The number of anilines is 1. The predicted octanol–water partition coefficient (Wildman–Crippen LogP) is 2.40. The van der Waals surface area contributed by atoms with E-state index in [1.165, 1.54) is 11.3 Å². The molecule has 0 aromatic carbocycles. The van der Waals surface area contributed by atoms with E-state index in [0.717, 1.165) is 0 Å². The number of nitrogens with one attached hydrogen (secondary N) is 2. The molecule has 0 fully saturated rings. The molecular weight excluding hydrogens is 210 g/mol. The van der Waals surface area contributed by atoms with Gasteiger partial charge in [-0.05, 0) is 12.0 Å². The van der Waals surface area contributed by atoms with E-state index in [1.807, 2.05) is 19.9 Å². The van der Waals surface area contributed by atoms with Crippen LogP contribution in [-0.2, 0) is 0 Å². The fourth-order valence-corrected chi connectivity index (χ4v) is 1.63. The minimum atomic E-state index is -0.227. The third kappa shape index (κ3) is 4.00. The fraction of sp³-hybridized carbons (Fsp3) is 0.400. The lowest BCUT2D eigenvalue weighted by Crippen LogP contribution is -2.31. The molecule has 0 saturated carbocycles. The summed E-state index contributed by atoms with van der Waals surface area (Å²) in [6, 6.07) is 3.44. The van der Waals surface area contributed by atoms with Crippen LogP contribution in [0.2, 0.25) is 0 Å². The van der Waals surface area contributed by atoms with Crippen molar-refractivity contribution in [1.82, 2.24) is 5.32 Å². The van der Waals surface area contributed by atoms with E-state index in [4.69, 9.17) is 5.26 Å². The third-order valence-corrected chi connectivity index (χ3v) is 2.48. The van der Waals surface area contributed by atoms with Crippen molar-refractivity contribution in [3.8, 4) is 6.07 Å². The minimum absolute atomic E-state index is 0.227. The molecular formula is C10H13N3OS. The summed E-state index contributed by atoms with van der Waals surface area (Å²) in [6.07, 6.45) is 0. The highest BCUT2D eigenvalue weighted by atomic mass is 32.1. The second-order valence-corrected chi connectivity index (χ2v) is 4.45. The average molecular weight is 223 g/mol. The monoisotopic (exact) mass is 223 g/mol. The Labute approximate surface area is 92.9 Å². The van der Waals surface area contributed by atoms with Gasteiger partial charge in [-0.3, -0.25) is 5.32 Å². The first kappa shape index (κ1) is 11.5. The molecule has 5 heteroatoms. The number of hydrogen-bond donors (Lipinski definition) is 2. The van der Waals surface area contributed by atoms with Gasteiger partial charge in [0.25, 0.3) is 0 Å². The number of nitrogens with zero attached hydrogens (tertiary/aromatic N) is 1. The summed E-state index contributed by atoms with van der Waals surface area (Å²) in [7, 11) is 0. The van der Waals surface area contributed by atoms with Crippen molar-refractivity contribution in [2.24, 2.45) is 5.92 Å². The van der Waals surface area contributed by atoms with Gasteiger partial charge in [-0.2, -0.15) is 5.26 Å². The number of amides is 2. The maximum Gasteiger partial charge on any atom is 0.319 e. The summed E-state index contributed by atoms with van der Waals surface area (Å²) in [5, 5.41) is 16.4. The average Bonchev–Trinajstić information content (AvgIpc) is 2.62. The lowest BCUT2D eigenvalue weighted by Gasteiger charge is -2.07. The Kier molecular flexibility index (Phi) is 4.13. The lowest BCUT2D eigenvalue weighted by atomic mass is 10.2. The molecule has 0 saturated heterocycles. The quantitative estimate of drug-likeness (QED) is 0.826. The molecule has 0 radical (unpaired) electrons. The Balaban J connectivity index is 2.41. The Morgan fingerprint density at radius 1 is 1.67 bits per heavy atom. The van der Waals surface area contributed by atoms with E-state index < -0.39 is 0 Å². The SMILES string of the molecule is CC(C)CNC(=O)Nc1cc(C#N)cs1. The van der Waals surface area contributed by atoms with Crippen LogP contribution >= 0.6 is 11.3 Å². The van der Waals surface area contributed by atoms with Crippen LogP contribution in [0.4, 0.5) is 9.80 Å². The first-order chi connectivity index (χ1) is 7.11. The van der Waals surface area contributed by atoms with Crippen LogP contribution in [0.25, 0.3) is 0 Å². The molecule has 1 aromatic heterocycles. The molecule has 0 bridgehead atoms. The van der Waals surface area contributed by atoms with Crippen LogP contribution in [0, 0.1) is 17.2 Å². The Morgan fingerprint density at radius 3 is 2.93 bits per heavy atom. The van der Waals surface area contributed by atoms with Crippen molar-refractivity contribution in [3.05, 3.63) is 17.0 Å². The molecule has 80 valence electrons. The normalized spacial score (nSPS) is 9.73. The molecule has 0 atom stereocenters. The molecule has 0 aliphatic heterocycles. The van der Waals surface area contributed by atoms with Crippen LogP contribution in [0.3, 0.4) is 0 Å². The molecule has 4 nitrogen and oxygen atoms in total. The smallest absolute Gasteiger partial charge is 0.319 e. The molecule has 1 heterocycles. The third-order valence-electron chi connectivity index (χ3n) is 1.64. The maximum absolute atomic E-state index is 11.3. The van der Waals surface area contributed by atoms with Gasteiger partial charge in [-0.1, -0.05) is 13.8 Å². The van der Waals surface area contributed by atoms with Gasteiger partial charge in [0.15, 0.2) is 0 Å².